The number of nitrogens with two attached hydrogens (primary N) is 1. The van der Waals surface area contributed by atoms with Gasteiger partial charge in [0.15, 0.2) is 0 Å². The predicted octanol–water partition coefficient (Wildman–Crippen LogP) is 4.51. The molecule has 106 valence electrons. The predicted molar refractivity (Wildman–Crippen MR) is 89.7 cm³/mol. The van der Waals surface area contributed by atoms with Crippen LogP contribution in [0.15, 0.2) is 54.6 Å². The molecule has 2 N–H and O–H groups in total. The van der Waals surface area contributed by atoms with Crippen LogP contribution in [0.3, 0.4) is 0 Å². The van der Waals surface area contributed by atoms with E-state index in [1.54, 1.807) is 11.3 Å². The summed E-state index contributed by atoms with van der Waals surface area (Å²) in [6, 6.07) is 18.0. The van der Waals surface area contributed by atoms with Crippen molar-refractivity contribution in [2.45, 2.75) is 13.0 Å². The minimum atomic E-state index is 0.504. The zero-order chi connectivity index (χ0) is 14.7. The molecule has 0 radical (unpaired) electrons. The number of halogens is 1. The average molecular weight is 315 g/mol. The van der Waals surface area contributed by atoms with Crippen molar-refractivity contribution < 1.29 is 0 Å². The van der Waals surface area contributed by atoms with Gasteiger partial charge in [0.05, 0.1) is 10.7 Å². The fraction of sp³-hybridized carbons (Fsp3) is 0.118. The second-order valence-electron chi connectivity index (χ2n) is 4.72. The van der Waals surface area contributed by atoms with Gasteiger partial charge in [-0.15, -0.1) is 11.3 Å². The number of benzene rings is 2. The van der Waals surface area contributed by atoms with Crippen molar-refractivity contribution in [3.63, 3.8) is 0 Å². The first-order chi connectivity index (χ1) is 10.3. The van der Waals surface area contributed by atoms with Crippen molar-refractivity contribution in [1.82, 2.24) is 4.98 Å². The van der Waals surface area contributed by atoms with Crippen molar-refractivity contribution in [1.29, 1.82) is 0 Å². The summed E-state index contributed by atoms with van der Waals surface area (Å²) in [5, 5.41) is 1.82. The van der Waals surface area contributed by atoms with Gasteiger partial charge in [-0.25, -0.2) is 4.98 Å². The summed E-state index contributed by atoms with van der Waals surface area (Å²) in [6.45, 7) is 0.504. The van der Waals surface area contributed by atoms with E-state index in [1.165, 1.54) is 0 Å². The van der Waals surface area contributed by atoms with Crippen LogP contribution >= 0.6 is 22.9 Å². The maximum absolute atomic E-state index is 6.22. The maximum atomic E-state index is 6.22. The summed E-state index contributed by atoms with van der Waals surface area (Å²) in [5.41, 5.74) is 9.06. The molecule has 1 aromatic heterocycles. The van der Waals surface area contributed by atoms with E-state index in [-0.39, 0.29) is 0 Å². The molecule has 0 aliphatic heterocycles. The van der Waals surface area contributed by atoms with E-state index in [2.05, 4.69) is 12.1 Å². The number of hydrogen-bond donors (Lipinski definition) is 1. The third-order valence-electron chi connectivity index (χ3n) is 3.27. The van der Waals surface area contributed by atoms with Crippen molar-refractivity contribution >= 4 is 22.9 Å². The molecule has 0 amide bonds. The number of aromatic nitrogens is 1. The molecule has 0 spiro atoms. The van der Waals surface area contributed by atoms with Gasteiger partial charge in [-0.1, -0.05) is 60.1 Å². The first-order valence-corrected chi connectivity index (χ1v) is 7.95. The van der Waals surface area contributed by atoms with Crippen LogP contribution in [0.2, 0.25) is 5.02 Å². The zero-order valence-corrected chi connectivity index (χ0v) is 13.0. The second kappa shape index (κ2) is 6.39. The summed E-state index contributed by atoms with van der Waals surface area (Å²) < 4.78 is 0. The number of hydrogen-bond acceptors (Lipinski definition) is 3. The molecule has 3 aromatic rings. The van der Waals surface area contributed by atoms with E-state index in [9.17, 15) is 0 Å². The summed E-state index contributed by atoms with van der Waals surface area (Å²) >= 11 is 7.89. The van der Waals surface area contributed by atoms with Crippen LogP contribution < -0.4 is 5.73 Å². The third-order valence-corrected chi connectivity index (χ3v) is 4.72. The highest BCUT2D eigenvalue weighted by atomic mass is 35.5. The normalized spacial score (nSPS) is 10.8. The molecule has 2 nitrogen and oxygen atoms in total. The van der Waals surface area contributed by atoms with E-state index >= 15 is 0 Å². The highest BCUT2D eigenvalue weighted by Gasteiger charge is 2.13. The van der Waals surface area contributed by atoms with Gasteiger partial charge in [0.1, 0.15) is 0 Å². The van der Waals surface area contributed by atoms with Gasteiger partial charge in [-0.05, 0) is 11.6 Å². The van der Waals surface area contributed by atoms with Gasteiger partial charge < -0.3 is 5.73 Å². The van der Waals surface area contributed by atoms with Gasteiger partial charge >= 0.3 is 0 Å². The van der Waals surface area contributed by atoms with Crippen LogP contribution in [-0.4, -0.2) is 4.98 Å². The molecular formula is C17H15ClN2S. The minimum Gasteiger partial charge on any atom is -0.326 e. The summed E-state index contributed by atoms with van der Waals surface area (Å²) in [5.74, 6) is 0. The van der Waals surface area contributed by atoms with Crippen LogP contribution in [0.1, 0.15) is 15.4 Å². The van der Waals surface area contributed by atoms with Crippen LogP contribution in [0.25, 0.3) is 11.3 Å². The van der Waals surface area contributed by atoms with Gasteiger partial charge in [-0.3, -0.25) is 0 Å². The number of thiazole rings is 1. The Bertz CT molecular complexity index is 738. The Hall–Kier alpha value is -1.68. The maximum Gasteiger partial charge on any atom is 0.0980 e. The Morgan fingerprint density at radius 2 is 1.71 bits per heavy atom. The van der Waals surface area contributed by atoms with E-state index < -0.39 is 0 Å². The Morgan fingerprint density at radius 1 is 1.00 bits per heavy atom. The molecule has 0 aliphatic rings. The van der Waals surface area contributed by atoms with Crippen molar-refractivity contribution in [2.75, 3.05) is 0 Å². The molecule has 0 aliphatic carbocycles. The van der Waals surface area contributed by atoms with E-state index in [0.29, 0.717) is 6.54 Å². The van der Waals surface area contributed by atoms with Crippen LogP contribution in [-0.2, 0) is 13.0 Å². The molecule has 21 heavy (non-hydrogen) atoms. The lowest BCUT2D eigenvalue weighted by Gasteiger charge is -2.00. The Kier molecular flexibility index (Phi) is 4.34. The lowest BCUT2D eigenvalue weighted by atomic mass is 10.1. The molecule has 0 saturated carbocycles. The average Bonchev–Trinajstić information content (AvgIpc) is 2.93. The Balaban J connectivity index is 1.95. The molecule has 0 fully saturated rings. The lowest BCUT2D eigenvalue weighted by Crippen LogP contribution is -1.95. The molecule has 3 rings (SSSR count). The molecular weight excluding hydrogens is 300 g/mol. The monoisotopic (exact) mass is 314 g/mol. The van der Waals surface area contributed by atoms with E-state index in [4.69, 9.17) is 22.3 Å². The lowest BCUT2D eigenvalue weighted by molar-refractivity contribution is 1.09. The van der Waals surface area contributed by atoms with Crippen LogP contribution in [0, 0.1) is 0 Å². The Morgan fingerprint density at radius 3 is 2.43 bits per heavy atom. The van der Waals surface area contributed by atoms with Gasteiger partial charge in [0.2, 0.25) is 0 Å². The first-order valence-electron chi connectivity index (χ1n) is 6.75. The van der Waals surface area contributed by atoms with Crippen molar-refractivity contribution in [3.8, 4) is 11.3 Å². The molecule has 4 heteroatoms. The van der Waals surface area contributed by atoms with E-state index in [0.717, 1.165) is 38.1 Å². The molecule has 0 atom stereocenters. The van der Waals surface area contributed by atoms with Crippen LogP contribution in [0.5, 0.6) is 0 Å². The smallest absolute Gasteiger partial charge is 0.0980 e. The van der Waals surface area contributed by atoms with Gasteiger partial charge in [0, 0.05) is 28.4 Å². The first kappa shape index (κ1) is 14.3. The number of nitrogens with zero attached hydrogens (tertiary/aromatic N) is 1. The quantitative estimate of drug-likeness (QED) is 0.769. The van der Waals surface area contributed by atoms with Crippen LogP contribution in [0.4, 0.5) is 0 Å². The summed E-state index contributed by atoms with van der Waals surface area (Å²) in [6.07, 6.45) is 0.740. The largest absolute Gasteiger partial charge is 0.326 e. The fourth-order valence-electron chi connectivity index (χ4n) is 2.24. The SMILES string of the molecule is NCc1sc(Cc2ccccc2Cl)nc1-c1ccccc1. The third kappa shape index (κ3) is 3.16. The van der Waals surface area contributed by atoms with E-state index in [1.807, 2.05) is 42.5 Å². The number of rotatable bonds is 4. The topological polar surface area (TPSA) is 38.9 Å². The van der Waals surface area contributed by atoms with Gasteiger partial charge in [0.25, 0.3) is 0 Å². The van der Waals surface area contributed by atoms with Gasteiger partial charge in [-0.2, -0.15) is 0 Å². The van der Waals surface area contributed by atoms with Crippen molar-refractivity contribution in [2.24, 2.45) is 5.73 Å². The molecule has 0 bridgehead atoms. The standard InChI is InChI=1S/C17H15ClN2S/c18-14-9-5-4-8-13(14)10-16-20-17(15(11-19)21-16)12-6-2-1-3-7-12/h1-9H,10-11,19H2. The zero-order valence-electron chi connectivity index (χ0n) is 11.4. The summed E-state index contributed by atoms with van der Waals surface area (Å²) in [7, 11) is 0. The molecule has 0 saturated heterocycles. The fourth-order valence-corrected chi connectivity index (χ4v) is 3.44. The second-order valence-corrected chi connectivity index (χ2v) is 6.29. The highest BCUT2D eigenvalue weighted by Crippen LogP contribution is 2.30. The molecule has 0 unspecified atom stereocenters. The molecule has 1 heterocycles. The molecule has 2 aromatic carbocycles. The Labute approximate surface area is 133 Å². The van der Waals surface area contributed by atoms with Crippen molar-refractivity contribution in [3.05, 3.63) is 75.1 Å². The minimum absolute atomic E-state index is 0.504. The highest BCUT2D eigenvalue weighted by molar-refractivity contribution is 7.12. The summed E-state index contributed by atoms with van der Waals surface area (Å²) in [4.78, 5) is 5.88.